The highest BCUT2D eigenvalue weighted by Gasteiger charge is 2.33. The summed E-state index contributed by atoms with van der Waals surface area (Å²) in [5, 5.41) is 20.6. The van der Waals surface area contributed by atoms with E-state index >= 15 is 0 Å². The van der Waals surface area contributed by atoms with E-state index in [1.54, 1.807) is 0 Å². The van der Waals surface area contributed by atoms with Gasteiger partial charge in [-0.3, -0.25) is 24.0 Å². The van der Waals surface area contributed by atoms with Crippen molar-refractivity contribution in [2.75, 3.05) is 139 Å². The summed E-state index contributed by atoms with van der Waals surface area (Å²) in [4.78, 5) is 63.9. The lowest BCUT2D eigenvalue weighted by Gasteiger charge is -2.35. The van der Waals surface area contributed by atoms with E-state index in [4.69, 9.17) is 67.0 Å². The molecule has 4 amide bonds. The van der Waals surface area contributed by atoms with Gasteiger partial charge in [-0.05, 0) is 32.1 Å². The van der Waals surface area contributed by atoms with Crippen molar-refractivity contribution in [1.82, 2.24) is 21.3 Å². The monoisotopic (exact) mass is 981 g/mol. The molecule has 0 aliphatic carbocycles. The molecule has 0 saturated carbocycles. The molecule has 394 valence electrons. The van der Waals surface area contributed by atoms with Crippen LogP contribution in [0.15, 0.2) is 0 Å². The molecule has 0 aliphatic rings. The van der Waals surface area contributed by atoms with E-state index < -0.39 is 11.5 Å². The van der Waals surface area contributed by atoms with Crippen LogP contribution in [0.1, 0.15) is 109 Å². The van der Waals surface area contributed by atoms with Crippen LogP contribution in [0.3, 0.4) is 0 Å². The molecule has 0 bridgehead atoms. The highest BCUT2D eigenvalue weighted by atomic mass is 16.6. The molecule has 69 heavy (non-hydrogen) atoms. The number of rotatable bonds is 52. The number of carboxylic acids is 1. The Morgan fingerprint density at radius 1 is 0.362 bits per heavy atom. The lowest BCUT2D eigenvalue weighted by Crippen LogP contribution is -2.50. The van der Waals surface area contributed by atoms with Gasteiger partial charge in [-0.1, -0.05) is 62.7 Å². The molecular weight excluding hydrogens is 897 g/mol. The summed E-state index contributed by atoms with van der Waals surface area (Å²) < 4.78 is 48.5. The molecule has 0 radical (unpaired) electrons. The van der Waals surface area contributed by atoms with Crippen LogP contribution >= 0.6 is 0 Å². The molecule has 0 saturated heterocycles. The standard InChI is InChI=1S/C50H84N4O15/c1-4-27-61-33-39-67-42-36-64-30-24-51-45(55)18-21-50(22-19-46(56)52-25-31-65-37-43-68-40-34-62-28-5-2,23-20-47(57)53-26-32-66-38-44-69-41-35-63-29-6-3)54-48(58)16-14-12-10-8-7-9-11-13-15-17-49(59)60/h1-3H,7-44H2,(H,51,55)(H,52,56)(H,53,57)(H,54,58)(H,59,60). The van der Waals surface area contributed by atoms with Gasteiger partial charge in [-0.2, -0.15) is 0 Å². The number of ether oxygens (including phenoxy) is 9. The number of amides is 4. The number of hydrogen-bond acceptors (Lipinski definition) is 14. The Morgan fingerprint density at radius 3 is 0.942 bits per heavy atom. The SMILES string of the molecule is C#CCOCCOCCOCCNC(=O)CCC(CCC(=O)NCCOCCOCCOCC#C)(CCC(=O)NCCOCCOCCOCC#C)NC(=O)CCCCCCCCCCCC(=O)O. The number of hydrogen-bond donors (Lipinski definition) is 5. The fourth-order valence-electron chi connectivity index (χ4n) is 6.54. The Hall–Kier alpha value is -4.33. The van der Waals surface area contributed by atoms with Crippen LogP contribution in [-0.2, 0) is 66.6 Å². The lowest BCUT2D eigenvalue weighted by molar-refractivity contribution is -0.137. The molecule has 0 aromatic carbocycles. The third kappa shape index (κ3) is 47.1. The minimum Gasteiger partial charge on any atom is -0.481 e. The molecule has 0 fully saturated rings. The fourth-order valence-corrected chi connectivity index (χ4v) is 6.54. The van der Waals surface area contributed by atoms with E-state index in [-0.39, 0.29) is 134 Å². The zero-order valence-corrected chi connectivity index (χ0v) is 41.3. The van der Waals surface area contributed by atoms with Crippen LogP contribution < -0.4 is 21.3 Å². The summed E-state index contributed by atoms with van der Waals surface area (Å²) in [7, 11) is 0. The van der Waals surface area contributed by atoms with Crippen LogP contribution in [0.25, 0.3) is 0 Å². The quantitative estimate of drug-likeness (QED) is 0.0436. The van der Waals surface area contributed by atoms with Gasteiger partial charge in [0.1, 0.15) is 19.8 Å². The predicted molar refractivity (Wildman–Crippen MR) is 260 cm³/mol. The summed E-state index contributed by atoms with van der Waals surface area (Å²) in [6, 6.07) is 0. The maximum atomic E-state index is 13.7. The van der Waals surface area contributed by atoms with Crippen LogP contribution in [-0.4, -0.2) is 179 Å². The third-order valence-corrected chi connectivity index (χ3v) is 10.2. The van der Waals surface area contributed by atoms with Crippen LogP contribution in [0, 0.1) is 37.0 Å². The Labute approximate surface area is 411 Å². The van der Waals surface area contributed by atoms with Crippen molar-refractivity contribution in [2.45, 2.75) is 115 Å². The van der Waals surface area contributed by atoms with Gasteiger partial charge in [-0.15, -0.1) is 19.3 Å². The minimum atomic E-state index is -1.06. The molecule has 0 aromatic rings. The van der Waals surface area contributed by atoms with Crippen LogP contribution in [0.4, 0.5) is 0 Å². The van der Waals surface area contributed by atoms with E-state index in [9.17, 15) is 24.0 Å². The molecule has 19 heteroatoms. The van der Waals surface area contributed by atoms with Crippen molar-refractivity contribution in [2.24, 2.45) is 0 Å². The molecule has 0 aromatic heterocycles. The summed E-state index contributed by atoms with van der Waals surface area (Å²) >= 11 is 0. The zero-order chi connectivity index (χ0) is 50.6. The van der Waals surface area contributed by atoms with Crippen molar-refractivity contribution in [3.63, 3.8) is 0 Å². The van der Waals surface area contributed by atoms with Crippen molar-refractivity contribution < 1.29 is 71.7 Å². The largest absolute Gasteiger partial charge is 0.481 e. The van der Waals surface area contributed by atoms with E-state index in [1.165, 1.54) is 0 Å². The van der Waals surface area contributed by atoms with Gasteiger partial charge in [0.15, 0.2) is 0 Å². The van der Waals surface area contributed by atoms with Crippen molar-refractivity contribution in [1.29, 1.82) is 0 Å². The number of carbonyl (C=O) groups is 5. The molecule has 0 heterocycles. The maximum Gasteiger partial charge on any atom is 0.303 e. The van der Waals surface area contributed by atoms with Gasteiger partial charge in [0.05, 0.1) is 99.1 Å². The van der Waals surface area contributed by atoms with Gasteiger partial charge in [0, 0.05) is 57.3 Å². The highest BCUT2D eigenvalue weighted by molar-refractivity contribution is 5.80. The maximum absolute atomic E-state index is 13.7. The van der Waals surface area contributed by atoms with Gasteiger partial charge in [-0.25, -0.2) is 0 Å². The highest BCUT2D eigenvalue weighted by Crippen LogP contribution is 2.27. The molecule has 0 unspecified atom stereocenters. The van der Waals surface area contributed by atoms with Gasteiger partial charge < -0.3 is 69.0 Å². The van der Waals surface area contributed by atoms with Crippen LogP contribution in [0.5, 0.6) is 0 Å². The summed E-state index contributed by atoms with van der Waals surface area (Å²) in [5.74, 6) is 5.38. The van der Waals surface area contributed by atoms with E-state index in [1.807, 2.05) is 0 Å². The molecule has 0 atom stereocenters. The molecule has 5 N–H and O–H groups in total. The molecule has 0 aliphatic heterocycles. The van der Waals surface area contributed by atoms with E-state index in [2.05, 4.69) is 39.0 Å². The van der Waals surface area contributed by atoms with Gasteiger partial charge in [0.2, 0.25) is 23.6 Å². The normalized spacial score (nSPS) is 11.0. The zero-order valence-electron chi connectivity index (χ0n) is 41.3. The van der Waals surface area contributed by atoms with Crippen molar-refractivity contribution in [3.05, 3.63) is 0 Å². The molecular formula is C50H84N4O15. The molecule has 0 spiro atoms. The first kappa shape index (κ1) is 64.7. The summed E-state index contributed by atoms with van der Waals surface area (Å²) in [5.41, 5.74) is -1.06. The second-order valence-electron chi connectivity index (χ2n) is 15.9. The third-order valence-electron chi connectivity index (χ3n) is 10.2. The molecule has 0 rings (SSSR count). The average molecular weight is 981 g/mol. The lowest BCUT2D eigenvalue weighted by atomic mass is 9.82. The van der Waals surface area contributed by atoms with Gasteiger partial charge >= 0.3 is 5.97 Å². The second kappa shape index (κ2) is 50.1. The minimum absolute atomic E-state index is 0.0263. The van der Waals surface area contributed by atoms with Crippen LogP contribution in [0.2, 0.25) is 0 Å². The number of nitrogens with one attached hydrogen (secondary N) is 4. The first-order chi connectivity index (χ1) is 33.7. The number of terminal acetylenes is 3. The average Bonchev–Trinajstić information content (AvgIpc) is 3.33. The Morgan fingerprint density at radius 2 is 0.638 bits per heavy atom. The smallest absolute Gasteiger partial charge is 0.303 e. The second-order valence-corrected chi connectivity index (χ2v) is 15.9. The Balaban J connectivity index is 5.47. The first-order valence-corrected chi connectivity index (χ1v) is 24.5. The van der Waals surface area contributed by atoms with Gasteiger partial charge in [0.25, 0.3) is 0 Å². The van der Waals surface area contributed by atoms with E-state index in [0.29, 0.717) is 92.1 Å². The Kier molecular flexibility index (Phi) is 46.9. The number of carboxylic acid groups (broad SMARTS) is 1. The van der Waals surface area contributed by atoms with Crippen molar-refractivity contribution >= 4 is 29.6 Å². The number of carbonyl (C=O) groups excluding carboxylic acids is 4. The summed E-state index contributed by atoms with van der Waals surface area (Å²) in [6.07, 6.45) is 24.7. The molecule has 19 nitrogen and oxygen atoms in total. The number of unbranched alkanes of at least 4 members (excludes halogenated alkanes) is 8. The summed E-state index contributed by atoms with van der Waals surface area (Å²) in [6.45, 7) is 6.56. The van der Waals surface area contributed by atoms with E-state index in [0.717, 1.165) is 44.9 Å². The van der Waals surface area contributed by atoms with Crippen molar-refractivity contribution in [3.8, 4) is 37.0 Å². The number of aliphatic carboxylic acids is 1. The Bertz CT molecular complexity index is 1310. The predicted octanol–water partition coefficient (Wildman–Crippen LogP) is 2.96. The topological polar surface area (TPSA) is 237 Å². The first-order valence-electron chi connectivity index (χ1n) is 24.5. The fraction of sp³-hybridized carbons (Fsp3) is 0.780.